The van der Waals surface area contributed by atoms with E-state index >= 15 is 0 Å². The van der Waals surface area contributed by atoms with Gasteiger partial charge in [0.25, 0.3) is 0 Å². The number of primary sulfonamides is 1. The predicted molar refractivity (Wildman–Crippen MR) is 134 cm³/mol. The molecule has 2 heterocycles. The van der Waals surface area contributed by atoms with E-state index in [1.54, 1.807) is 36.0 Å². The summed E-state index contributed by atoms with van der Waals surface area (Å²) in [7, 11) is -3.71. The first kappa shape index (κ1) is 23.8. The maximum Gasteiger partial charge on any atom is 0.238 e. The van der Waals surface area contributed by atoms with Crippen LogP contribution in [-0.2, 0) is 27.5 Å². The molecule has 0 unspecified atom stereocenters. The Hall–Kier alpha value is -2.36. The molecule has 9 heteroatoms. The summed E-state index contributed by atoms with van der Waals surface area (Å²) in [6.45, 7) is 13.9. The number of nitrogens with two attached hydrogens (primary N) is 1. The molecular formula is C24H31N5O2S2. The molecule has 0 saturated heterocycles. The molecule has 1 aliphatic rings. The lowest BCUT2D eigenvalue weighted by molar-refractivity contribution is 0.568. The third-order valence-corrected chi connectivity index (χ3v) is 7.76. The van der Waals surface area contributed by atoms with Gasteiger partial charge in [0.2, 0.25) is 10.0 Å². The second kappa shape index (κ2) is 8.14. The normalized spacial score (nSPS) is 14.9. The molecule has 0 spiro atoms. The second-order valence-electron chi connectivity index (χ2n) is 10.5. The number of rotatable bonds is 3. The van der Waals surface area contributed by atoms with Crippen LogP contribution in [0, 0.1) is 0 Å². The van der Waals surface area contributed by atoms with E-state index in [2.05, 4.69) is 79.4 Å². The smallest absolute Gasteiger partial charge is 0.238 e. The maximum absolute atomic E-state index is 11.6. The van der Waals surface area contributed by atoms with Crippen molar-refractivity contribution in [1.29, 1.82) is 0 Å². The van der Waals surface area contributed by atoms with Crippen molar-refractivity contribution in [2.24, 2.45) is 5.14 Å². The predicted octanol–water partition coefficient (Wildman–Crippen LogP) is 4.71. The maximum atomic E-state index is 11.6. The van der Waals surface area contributed by atoms with Gasteiger partial charge in [0, 0.05) is 11.3 Å². The Kier molecular flexibility index (Phi) is 5.87. The van der Waals surface area contributed by atoms with Crippen molar-refractivity contribution >= 4 is 27.5 Å². The first-order valence-corrected chi connectivity index (χ1v) is 13.4. The summed E-state index contributed by atoms with van der Waals surface area (Å²) in [4.78, 5) is 2.27. The Morgan fingerprint density at radius 1 is 0.909 bits per heavy atom. The van der Waals surface area contributed by atoms with E-state index in [-0.39, 0.29) is 15.7 Å². The third-order valence-electron chi connectivity index (χ3n) is 5.83. The molecule has 2 aromatic carbocycles. The van der Waals surface area contributed by atoms with Gasteiger partial charge in [-0.2, -0.15) is 0 Å². The number of hydrogen-bond donors (Lipinski definition) is 1. The SMILES string of the molecule is CC(C)(C)c1cc(-c2nnc3n2CN(c2ccc(S(N)(=O)=O)cc2)CS3)cc(C(C)(C)C)c1. The molecule has 3 aromatic rings. The molecule has 0 aliphatic carbocycles. The lowest BCUT2D eigenvalue weighted by Gasteiger charge is -2.30. The number of benzene rings is 2. The summed E-state index contributed by atoms with van der Waals surface area (Å²) in [5.74, 6) is 1.53. The summed E-state index contributed by atoms with van der Waals surface area (Å²) in [6.07, 6.45) is 0. The van der Waals surface area contributed by atoms with Crippen LogP contribution in [0.25, 0.3) is 11.4 Å². The molecule has 176 valence electrons. The fourth-order valence-electron chi connectivity index (χ4n) is 3.71. The Morgan fingerprint density at radius 3 is 2.00 bits per heavy atom. The van der Waals surface area contributed by atoms with Gasteiger partial charge in [-0.1, -0.05) is 59.4 Å². The van der Waals surface area contributed by atoms with Crippen molar-refractivity contribution in [3.05, 3.63) is 53.6 Å². The fraction of sp³-hybridized carbons (Fsp3) is 0.417. The topological polar surface area (TPSA) is 94.1 Å². The van der Waals surface area contributed by atoms with Gasteiger partial charge in [0.05, 0.1) is 17.4 Å². The largest absolute Gasteiger partial charge is 0.344 e. The molecule has 33 heavy (non-hydrogen) atoms. The van der Waals surface area contributed by atoms with Crippen LogP contribution in [0.4, 0.5) is 5.69 Å². The first-order chi connectivity index (χ1) is 15.2. The Balaban J connectivity index is 1.73. The molecule has 2 N–H and O–H groups in total. The number of sulfonamides is 1. The van der Waals surface area contributed by atoms with Gasteiger partial charge < -0.3 is 4.90 Å². The highest BCUT2D eigenvalue weighted by Gasteiger charge is 2.26. The zero-order valence-electron chi connectivity index (χ0n) is 20.0. The van der Waals surface area contributed by atoms with Gasteiger partial charge in [-0.3, -0.25) is 4.57 Å². The molecule has 0 radical (unpaired) electrons. The fourth-order valence-corrected chi connectivity index (χ4v) is 5.13. The van der Waals surface area contributed by atoms with Crippen LogP contribution in [-0.4, -0.2) is 29.1 Å². The molecule has 0 saturated carbocycles. The van der Waals surface area contributed by atoms with E-state index in [4.69, 9.17) is 5.14 Å². The van der Waals surface area contributed by atoms with Crippen molar-refractivity contribution in [3.8, 4) is 11.4 Å². The standard InChI is InChI=1S/C24H31N5O2S2/c1-23(2,3)17-11-16(12-18(13-17)24(4,5)6)21-26-27-22-29(21)14-28(15-32-22)19-7-9-20(10-8-19)33(25,30)31/h7-13H,14-15H2,1-6H3,(H2,25,30,31). The zero-order chi connectivity index (χ0) is 24.2. The molecule has 0 amide bonds. The van der Waals surface area contributed by atoms with E-state index in [9.17, 15) is 8.42 Å². The van der Waals surface area contributed by atoms with Gasteiger partial charge in [0.15, 0.2) is 11.0 Å². The summed E-state index contributed by atoms with van der Waals surface area (Å²) >= 11 is 1.61. The number of nitrogens with zero attached hydrogens (tertiary/aromatic N) is 4. The average Bonchev–Trinajstić information content (AvgIpc) is 3.15. The highest BCUT2D eigenvalue weighted by atomic mass is 32.2. The van der Waals surface area contributed by atoms with E-state index in [0.29, 0.717) is 12.5 Å². The minimum Gasteiger partial charge on any atom is -0.344 e. The molecule has 0 fully saturated rings. The van der Waals surface area contributed by atoms with Crippen LogP contribution in [0.3, 0.4) is 0 Å². The molecule has 1 aliphatic heterocycles. The summed E-state index contributed by atoms with van der Waals surface area (Å²) in [5.41, 5.74) is 4.51. The highest BCUT2D eigenvalue weighted by molar-refractivity contribution is 7.99. The van der Waals surface area contributed by atoms with Crippen LogP contribution in [0.15, 0.2) is 52.5 Å². The zero-order valence-corrected chi connectivity index (χ0v) is 21.6. The van der Waals surface area contributed by atoms with Gasteiger partial charge in [-0.05, 0) is 58.4 Å². The van der Waals surface area contributed by atoms with Crippen molar-refractivity contribution in [2.45, 2.75) is 69.1 Å². The Morgan fingerprint density at radius 2 is 1.48 bits per heavy atom. The van der Waals surface area contributed by atoms with Crippen molar-refractivity contribution in [3.63, 3.8) is 0 Å². The van der Waals surface area contributed by atoms with Crippen LogP contribution < -0.4 is 10.0 Å². The number of thioether (sulfide) groups is 1. The van der Waals surface area contributed by atoms with E-state index in [0.717, 1.165) is 22.2 Å². The lowest BCUT2D eigenvalue weighted by Crippen LogP contribution is -2.30. The monoisotopic (exact) mass is 485 g/mol. The van der Waals surface area contributed by atoms with Crippen LogP contribution in [0.5, 0.6) is 0 Å². The first-order valence-electron chi connectivity index (χ1n) is 10.8. The van der Waals surface area contributed by atoms with E-state index < -0.39 is 10.0 Å². The molecular weight excluding hydrogens is 454 g/mol. The van der Waals surface area contributed by atoms with Crippen LogP contribution in [0.2, 0.25) is 0 Å². The number of anilines is 1. The average molecular weight is 486 g/mol. The van der Waals surface area contributed by atoms with Crippen LogP contribution >= 0.6 is 11.8 Å². The molecule has 7 nitrogen and oxygen atoms in total. The van der Waals surface area contributed by atoms with Gasteiger partial charge in [-0.25, -0.2) is 13.6 Å². The van der Waals surface area contributed by atoms with Crippen LogP contribution in [0.1, 0.15) is 52.7 Å². The van der Waals surface area contributed by atoms with Gasteiger partial charge in [-0.15, -0.1) is 10.2 Å². The Bertz CT molecular complexity index is 1250. The molecule has 0 bridgehead atoms. The second-order valence-corrected chi connectivity index (χ2v) is 13.0. The number of hydrogen-bond acceptors (Lipinski definition) is 6. The van der Waals surface area contributed by atoms with Gasteiger partial charge >= 0.3 is 0 Å². The van der Waals surface area contributed by atoms with Gasteiger partial charge in [0.1, 0.15) is 0 Å². The van der Waals surface area contributed by atoms with Crippen molar-refractivity contribution < 1.29 is 8.42 Å². The van der Waals surface area contributed by atoms with E-state index in [1.807, 2.05) is 0 Å². The summed E-state index contributed by atoms with van der Waals surface area (Å²) < 4.78 is 25.3. The Labute approximate surface area is 200 Å². The quantitative estimate of drug-likeness (QED) is 0.577. The van der Waals surface area contributed by atoms with Crippen molar-refractivity contribution in [2.75, 3.05) is 10.8 Å². The van der Waals surface area contributed by atoms with Crippen molar-refractivity contribution in [1.82, 2.24) is 14.8 Å². The summed E-state index contributed by atoms with van der Waals surface area (Å²) in [6, 6.07) is 13.4. The molecule has 4 rings (SSSR count). The molecule has 1 aromatic heterocycles. The minimum atomic E-state index is -3.71. The summed E-state index contributed by atoms with van der Waals surface area (Å²) in [5, 5.41) is 15.1. The molecule has 0 atom stereocenters. The number of aromatic nitrogens is 3. The van der Waals surface area contributed by atoms with E-state index in [1.165, 1.54) is 11.1 Å². The number of fused-ring (bicyclic) bond motifs is 1. The highest BCUT2D eigenvalue weighted by Crippen LogP contribution is 2.36. The third kappa shape index (κ3) is 4.95. The minimum absolute atomic E-state index is 0.00657. The lowest BCUT2D eigenvalue weighted by atomic mass is 9.79.